The standard InChI is InChI=1S/C12H25BrO/c1-11(9-12(2,3)4)10-14-8-6-5-7-13/h11H,5-10H2,1-4H3. The summed E-state index contributed by atoms with van der Waals surface area (Å²) >= 11 is 3.41. The van der Waals surface area contributed by atoms with Gasteiger partial charge in [-0.2, -0.15) is 0 Å². The Morgan fingerprint density at radius 3 is 2.36 bits per heavy atom. The topological polar surface area (TPSA) is 9.23 Å². The molecule has 1 nitrogen and oxygen atoms in total. The molecule has 0 spiro atoms. The molecule has 0 aliphatic rings. The molecule has 0 amide bonds. The third-order valence-electron chi connectivity index (χ3n) is 2.04. The van der Waals surface area contributed by atoms with Crippen LogP contribution in [-0.4, -0.2) is 18.5 Å². The van der Waals surface area contributed by atoms with E-state index in [1.54, 1.807) is 0 Å². The maximum atomic E-state index is 5.62. The molecule has 1 atom stereocenters. The monoisotopic (exact) mass is 264 g/mol. The molecule has 0 saturated heterocycles. The average Bonchev–Trinajstić information content (AvgIpc) is 2.00. The summed E-state index contributed by atoms with van der Waals surface area (Å²) in [6.07, 6.45) is 3.63. The van der Waals surface area contributed by atoms with Gasteiger partial charge in [-0.05, 0) is 30.6 Å². The van der Waals surface area contributed by atoms with Crippen molar-refractivity contribution in [1.82, 2.24) is 0 Å². The van der Waals surface area contributed by atoms with E-state index >= 15 is 0 Å². The molecule has 0 fully saturated rings. The molecule has 86 valence electrons. The number of hydrogen-bond donors (Lipinski definition) is 0. The highest BCUT2D eigenvalue weighted by Gasteiger charge is 2.14. The Morgan fingerprint density at radius 1 is 1.21 bits per heavy atom. The van der Waals surface area contributed by atoms with Gasteiger partial charge in [0.05, 0.1) is 0 Å². The molecule has 0 aliphatic carbocycles. The number of hydrogen-bond acceptors (Lipinski definition) is 1. The van der Waals surface area contributed by atoms with Crippen LogP contribution in [0, 0.1) is 11.3 Å². The predicted octanol–water partition coefficient (Wildman–Crippen LogP) is 4.25. The first-order valence-corrected chi connectivity index (χ1v) is 6.71. The molecule has 0 aromatic rings. The fraction of sp³-hybridized carbons (Fsp3) is 1.00. The maximum Gasteiger partial charge on any atom is 0.0491 e. The molecule has 2 heteroatoms. The van der Waals surface area contributed by atoms with Crippen LogP contribution in [0.3, 0.4) is 0 Å². The summed E-state index contributed by atoms with van der Waals surface area (Å²) in [6.45, 7) is 11.0. The van der Waals surface area contributed by atoms with Crippen LogP contribution in [0.25, 0.3) is 0 Å². The van der Waals surface area contributed by atoms with Gasteiger partial charge in [0.25, 0.3) is 0 Å². The van der Waals surface area contributed by atoms with Gasteiger partial charge in [-0.25, -0.2) is 0 Å². The highest BCUT2D eigenvalue weighted by atomic mass is 79.9. The maximum absolute atomic E-state index is 5.62. The first kappa shape index (κ1) is 14.4. The predicted molar refractivity (Wildman–Crippen MR) is 67.1 cm³/mol. The van der Waals surface area contributed by atoms with Gasteiger partial charge >= 0.3 is 0 Å². The molecule has 0 saturated carbocycles. The second kappa shape index (κ2) is 7.70. The fourth-order valence-electron chi connectivity index (χ4n) is 1.69. The molecule has 1 unspecified atom stereocenters. The number of halogens is 1. The largest absolute Gasteiger partial charge is 0.381 e. The van der Waals surface area contributed by atoms with Crippen molar-refractivity contribution in [1.29, 1.82) is 0 Å². The zero-order chi connectivity index (χ0) is 11.0. The van der Waals surface area contributed by atoms with Crippen LogP contribution in [0.5, 0.6) is 0 Å². The molecule has 0 heterocycles. The first-order chi connectivity index (χ1) is 6.45. The summed E-state index contributed by atoms with van der Waals surface area (Å²) in [4.78, 5) is 0. The van der Waals surface area contributed by atoms with Crippen LogP contribution in [0.15, 0.2) is 0 Å². The van der Waals surface area contributed by atoms with E-state index in [0.717, 1.165) is 18.5 Å². The summed E-state index contributed by atoms with van der Waals surface area (Å²) in [5, 5.41) is 1.09. The van der Waals surface area contributed by atoms with Crippen LogP contribution in [0.2, 0.25) is 0 Å². The Labute approximate surface area is 97.7 Å². The third kappa shape index (κ3) is 10.5. The smallest absolute Gasteiger partial charge is 0.0491 e. The van der Waals surface area contributed by atoms with Gasteiger partial charge in [-0.15, -0.1) is 0 Å². The summed E-state index contributed by atoms with van der Waals surface area (Å²) in [7, 11) is 0. The van der Waals surface area contributed by atoms with Crippen LogP contribution in [0.4, 0.5) is 0 Å². The second-order valence-corrected chi connectivity index (χ2v) is 6.13. The van der Waals surface area contributed by atoms with Gasteiger partial charge < -0.3 is 4.74 Å². The number of rotatable bonds is 7. The number of ether oxygens (including phenoxy) is 1. The van der Waals surface area contributed by atoms with Crippen molar-refractivity contribution in [2.45, 2.75) is 47.0 Å². The van der Waals surface area contributed by atoms with Crippen molar-refractivity contribution in [3.05, 3.63) is 0 Å². The van der Waals surface area contributed by atoms with Crippen LogP contribution in [-0.2, 0) is 4.74 Å². The van der Waals surface area contributed by atoms with Crippen molar-refractivity contribution in [3.63, 3.8) is 0 Å². The van der Waals surface area contributed by atoms with E-state index in [-0.39, 0.29) is 0 Å². The van der Waals surface area contributed by atoms with E-state index in [1.165, 1.54) is 19.3 Å². The van der Waals surface area contributed by atoms with E-state index in [1.807, 2.05) is 0 Å². The zero-order valence-corrected chi connectivity index (χ0v) is 11.7. The summed E-state index contributed by atoms with van der Waals surface area (Å²) in [5.41, 5.74) is 0.429. The Morgan fingerprint density at radius 2 is 1.86 bits per heavy atom. The van der Waals surface area contributed by atoms with Gasteiger partial charge in [-0.3, -0.25) is 0 Å². The first-order valence-electron chi connectivity index (χ1n) is 5.59. The van der Waals surface area contributed by atoms with Crippen molar-refractivity contribution < 1.29 is 4.74 Å². The van der Waals surface area contributed by atoms with E-state index in [0.29, 0.717) is 11.3 Å². The molecule has 0 aliphatic heterocycles. The van der Waals surface area contributed by atoms with Crippen LogP contribution in [0.1, 0.15) is 47.0 Å². The van der Waals surface area contributed by atoms with Gasteiger partial charge in [-0.1, -0.05) is 43.6 Å². The molecular formula is C12H25BrO. The van der Waals surface area contributed by atoms with E-state index in [9.17, 15) is 0 Å². The minimum Gasteiger partial charge on any atom is -0.381 e. The molecule has 14 heavy (non-hydrogen) atoms. The Kier molecular flexibility index (Phi) is 7.94. The van der Waals surface area contributed by atoms with E-state index in [4.69, 9.17) is 4.74 Å². The zero-order valence-electron chi connectivity index (χ0n) is 10.1. The SMILES string of the molecule is CC(COCCCCBr)CC(C)(C)C. The highest BCUT2D eigenvalue weighted by molar-refractivity contribution is 9.09. The molecular weight excluding hydrogens is 240 g/mol. The molecule has 0 rings (SSSR count). The second-order valence-electron chi connectivity index (χ2n) is 5.34. The quantitative estimate of drug-likeness (QED) is 0.494. The lowest BCUT2D eigenvalue weighted by molar-refractivity contribution is 0.0876. The summed E-state index contributed by atoms with van der Waals surface area (Å²) < 4.78 is 5.62. The van der Waals surface area contributed by atoms with Gasteiger partial charge in [0, 0.05) is 18.5 Å². The minimum atomic E-state index is 0.429. The highest BCUT2D eigenvalue weighted by Crippen LogP contribution is 2.24. The van der Waals surface area contributed by atoms with Crippen molar-refractivity contribution in [2.75, 3.05) is 18.5 Å². The molecule has 0 N–H and O–H groups in total. The van der Waals surface area contributed by atoms with Crippen LogP contribution < -0.4 is 0 Å². The fourth-order valence-corrected chi connectivity index (χ4v) is 2.08. The normalized spacial score (nSPS) is 14.4. The van der Waals surface area contributed by atoms with Crippen molar-refractivity contribution in [3.8, 4) is 0 Å². The van der Waals surface area contributed by atoms with Gasteiger partial charge in [0.1, 0.15) is 0 Å². The van der Waals surface area contributed by atoms with E-state index in [2.05, 4.69) is 43.6 Å². The molecule has 0 bridgehead atoms. The van der Waals surface area contributed by atoms with E-state index < -0.39 is 0 Å². The Hall–Kier alpha value is 0.440. The molecule has 0 aromatic heterocycles. The van der Waals surface area contributed by atoms with Crippen LogP contribution >= 0.6 is 15.9 Å². The van der Waals surface area contributed by atoms with Crippen molar-refractivity contribution >= 4 is 15.9 Å². The van der Waals surface area contributed by atoms with Crippen molar-refractivity contribution in [2.24, 2.45) is 11.3 Å². The van der Waals surface area contributed by atoms with Gasteiger partial charge in [0.2, 0.25) is 0 Å². The Balaban J connectivity index is 3.31. The Bertz CT molecular complexity index is 129. The minimum absolute atomic E-state index is 0.429. The van der Waals surface area contributed by atoms with Gasteiger partial charge in [0.15, 0.2) is 0 Å². The lowest BCUT2D eigenvalue weighted by Gasteiger charge is -2.23. The average molecular weight is 265 g/mol. The third-order valence-corrected chi connectivity index (χ3v) is 2.60. The number of alkyl halides is 1. The summed E-state index contributed by atoms with van der Waals surface area (Å²) in [5.74, 6) is 0.680. The summed E-state index contributed by atoms with van der Waals surface area (Å²) in [6, 6.07) is 0. The molecule has 0 aromatic carbocycles. The number of unbranched alkanes of at least 4 members (excludes halogenated alkanes) is 1. The lowest BCUT2D eigenvalue weighted by Crippen LogP contribution is -2.15. The lowest BCUT2D eigenvalue weighted by atomic mass is 9.86. The molecule has 0 radical (unpaired) electrons.